The summed E-state index contributed by atoms with van der Waals surface area (Å²) in [7, 11) is 0. The first-order chi connectivity index (χ1) is 8.34. The fourth-order valence-electron chi connectivity index (χ4n) is 2.09. The van der Waals surface area contributed by atoms with E-state index in [4.69, 9.17) is 23.2 Å². The highest BCUT2D eigenvalue weighted by atomic mass is 35.5. The van der Waals surface area contributed by atoms with Gasteiger partial charge in [0.2, 0.25) is 0 Å². The summed E-state index contributed by atoms with van der Waals surface area (Å²) in [5.41, 5.74) is -0.0262. The minimum atomic E-state index is -0.385. The number of nitrogens with one attached hydrogen (secondary N) is 1. The fraction of sp³-hybridized carbons (Fsp3) is 0.462. The zero-order chi connectivity index (χ0) is 13.5. The number of aliphatic hydroxyl groups is 1. The van der Waals surface area contributed by atoms with Crippen molar-refractivity contribution in [2.75, 3.05) is 0 Å². The van der Waals surface area contributed by atoms with E-state index in [9.17, 15) is 9.90 Å². The Balaban J connectivity index is 2.14. The molecule has 0 aromatic heterocycles. The Morgan fingerprint density at radius 1 is 1.39 bits per heavy atom. The number of halogens is 2. The van der Waals surface area contributed by atoms with Crippen LogP contribution in [-0.4, -0.2) is 23.2 Å². The minimum Gasteiger partial charge on any atom is -0.392 e. The molecule has 0 spiro atoms. The molecule has 1 aromatic rings. The molecule has 98 valence electrons. The van der Waals surface area contributed by atoms with Crippen LogP contribution in [0.1, 0.15) is 30.6 Å². The number of carbonyl (C=O) groups excluding carboxylic acids is 1. The third kappa shape index (κ3) is 2.22. The van der Waals surface area contributed by atoms with Crippen LogP contribution in [0, 0.1) is 5.41 Å². The molecule has 2 unspecified atom stereocenters. The average molecular weight is 288 g/mol. The SMILES string of the molecule is CC1(C)C(O)CC1NC(=O)c1c(Cl)cccc1Cl. The number of aliphatic hydroxyl groups excluding tert-OH is 1. The molecule has 3 nitrogen and oxygen atoms in total. The summed E-state index contributed by atoms with van der Waals surface area (Å²) in [5, 5.41) is 13.2. The molecule has 1 aromatic carbocycles. The summed E-state index contributed by atoms with van der Waals surface area (Å²) in [6.07, 6.45) is 0.172. The molecule has 1 amide bonds. The van der Waals surface area contributed by atoms with Gasteiger partial charge in [-0.25, -0.2) is 0 Å². The van der Waals surface area contributed by atoms with Crippen molar-refractivity contribution in [2.24, 2.45) is 5.41 Å². The molecule has 2 rings (SSSR count). The van der Waals surface area contributed by atoms with Crippen LogP contribution in [0.5, 0.6) is 0 Å². The predicted molar refractivity (Wildman–Crippen MR) is 72.1 cm³/mol. The molecule has 1 aliphatic rings. The summed E-state index contributed by atoms with van der Waals surface area (Å²) in [6, 6.07) is 4.89. The standard InChI is InChI=1S/C13H15Cl2NO2/c1-13(2)9(6-10(13)17)16-12(18)11-7(14)4-3-5-8(11)15/h3-5,9-10,17H,6H2,1-2H3,(H,16,18). The molecular weight excluding hydrogens is 273 g/mol. The van der Waals surface area contributed by atoms with Crippen LogP contribution in [0.15, 0.2) is 18.2 Å². The molecule has 1 saturated carbocycles. The Morgan fingerprint density at radius 3 is 2.39 bits per heavy atom. The van der Waals surface area contributed by atoms with Crippen molar-refractivity contribution in [3.05, 3.63) is 33.8 Å². The summed E-state index contributed by atoms with van der Waals surface area (Å²) in [6.45, 7) is 3.83. The molecular formula is C13H15Cl2NO2. The van der Waals surface area contributed by atoms with E-state index < -0.39 is 0 Å². The Morgan fingerprint density at radius 2 is 1.94 bits per heavy atom. The topological polar surface area (TPSA) is 49.3 Å². The summed E-state index contributed by atoms with van der Waals surface area (Å²) in [4.78, 5) is 12.1. The van der Waals surface area contributed by atoms with Crippen LogP contribution in [-0.2, 0) is 0 Å². The maximum absolute atomic E-state index is 12.1. The molecule has 0 bridgehead atoms. The summed E-state index contributed by atoms with van der Waals surface area (Å²) < 4.78 is 0. The van der Waals surface area contributed by atoms with E-state index in [2.05, 4.69) is 5.32 Å². The van der Waals surface area contributed by atoms with E-state index in [1.54, 1.807) is 18.2 Å². The van der Waals surface area contributed by atoms with Crippen LogP contribution in [0.2, 0.25) is 10.0 Å². The third-order valence-corrected chi connectivity index (χ3v) is 4.34. The van der Waals surface area contributed by atoms with Crippen LogP contribution in [0.4, 0.5) is 0 Å². The number of rotatable bonds is 2. The van der Waals surface area contributed by atoms with Crippen molar-refractivity contribution < 1.29 is 9.90 Å². The number of benzene rings is 1. The number of hydrogen-bond acceptors (Lipinski definition) is 2. The maximum Gasteiger partial charge on any atom is 0.254 e. The van der Waals surface area contributed by atoms with Gasteiger partial charge in [-0.05, 0) is 18.6 Å². The number of hydrogen-bond donors (Lipinski definition) is 2. The third-order valence-electron chi connectivity index (χ3n) is 3.71. The molecule has 0 saturated heterocycles. The van der Waals surface area contributed by atoms with E-state index in [0.717, 1.165) is 0 Å². The molecule has 0 radical (unpaired) electrons. The lowest BCUT2D eigenvalue weighted by atomic mass is 9.64. The Hall–Kier alpha value is -0.770. The molecule has 0 aliphatic heterocycles. The van der Waals surface area contributed by atoms with E-state index in [1.807, 2.05) is 13.8 Å². The van der Waals surface area contributed by atoms with E-state index >= 15 is 0 Å². The van der Waals surface area contributed by atoms with Gasteiger partial charge in [-0.15, -0.1) is 0 Å². The Bertz CT molecular complexity index is 468. The smallest absolute Gasteiger partial charge is 0.254 e. The highest BCUT2D eigenvalue weighted by molar-refractivity contribution is 6.39. The van der Waals surface area contributed by atoms with Gasteiger partial charge >= 0.3 is 0 Å². The van der Waals surface area contributed by atoms with Gasteiger partial charge in [-0.2, -0.15) is 0 Å². The van der Waals surface area contributed by atoms with E-state index in [-0.39, 0.29) is 29.0 Å². The highest BCUT2D eigenvalue weighted by Crippen LogP contribution is 2.40. The Labute approximate surface area is 116 Å². The fourth-order valence-corrected chi connectivity index (χ4v) is 2.66. The van der Waals surface area contributed by atoms with Gasteiger partial charge < -0.3 is 10.4 Å². The molecule has 5 heteroatoms. The monoisotopic (exact) mass is 287 g/mol. The first kappa shape index (κ1) is 13.7. The lowest BCUT2D eigenvalue weighted by Crippen LogP contribution is -2.61. The Kier molecular flexibility index (Phi) is 3.58. The first-order valence-corrected chi connectivity index (χ1v) is 6.52. The van der Waals surface area contributed by atoms with Gasteiger partial charge in [0.25, 0.3) is 5.91 Å². The van der Waals surface area contributed by atoms with Crippen molar-refractivity contribution in [1.29, 1.82) is 0 Å². The van der Waals surface area contributed by atoms with Crippen molar-refractivity contribution in [2.45, 2.75) is 32.4 Å². The second-order valence-corrected chi connectivity index (χ2v) is 6.01. The van der Waals surface area contributed by atoms with Gasteiger partial charge in [0.1, 0.15) is 0 Å². The van der Waals surface area contributed by atoms with Gasteiger partial charge in [0, 0.05) is 11.5 Å². The van der Waals surface area contributed by atoms with Gasteiger partial charge in [-0.1, -0.05) is 43.1 Å². The van der Waals surface area contributed by atoms with Crippen molar-refractivity contribution in [1.82, 2.24) is 5.32 Å². The number of carbonyl (C=O) groups is 1. The lowest BCUT2D eigenvalue weighted by molar-refractivity contribution is -0.0689. The molecule has 2 N–H and O–H groups in total. The molecule has 1 fully saturated rings. The quantitative estimate of drug-likeness (QED) is 0.879. The van der Waals surface area contributed by atoms with Crippen LogP contribution >= 0.6 is 23.2 Å². The largest absolute Gasteiger partial charge is 0.392 e. The van der Waals surface area contributed by atoms with Crippen molar-refractivity contribution >= 4 is 29.1 Å². The maximum atomic E-state index is 12.1. The lowest BCUT2D eigenvalue weighted by Gasteiger charge is -2.49. The second kappa shape index (κ2) is 4.72. The minimum absolute atomic E-state index is 0.0626. The first-order valence-electron chi connectivity index (χ1n) is 5.77. The van der Waals surface area contributed by atoms with Crippen molar-refractivity contribution in [3.8, 4) is 0 Å². The number of amides is 1. The predicted octanol–water partition coefficient (Wildman–Crippen LogP) is 2.88. The summed E-state index contributed by atoms with van der Waals surface area (Å²) in [5.74, 6) is -0.296. The van der Waals surface area contributed by atoms with Gasteiger partial charge in [0.05, 0.1) is 21.7 Å². The highest BCUT2D eigenvalue weighted by Gasteiger charge is 2.48. The zero-order valence-electron chi connectivity index (χ0n) is 10.2. The normalized spacial score (nSPS) is 25.4. The molecule has 0 heterocycles. The van der Waals surface area contributed by atoms with Crippen LogP contribution in [0.3, 0.4) is 0 Å². The zero-order valence-corrected chi connectivity index (χ0v) is 11.7. The molecule has 2 atom stereocenters. The average Bonchev–Trinajstić information content (AvgIpc) is 2.28. The molecule has 18 heavy (non-hydrogen) atoms. The van der Waals surface area contributed by atoms with Crippen LogP contribution in [0.25, 0.3) is 0 Å². The van der Waals surface area contributed by atoms with E-state index in [1.165, 1.54) is 0 Å². The van der Waals surface area contributed by atoms with Gasteiger partial charge in [-0.3, -0.25) is 4.79 Å². The van der Waals surface area contributed by atoms with E-state index in [0.29, 0.717) is 16.5 Å². The van der Waals surface area contributed by atoms with Crippen LogP contribution < -0.4 is 5.32 Å². The summed E-state index contributed by atoms with van der Waals surface area (Å²) >= 11 is 11.9. The van der Waals surface area contributed by atoms with Crippen molar-refractivity contribution in [3.63, 3.8) is 0 Å². The second-order valence-electron chi connectivity index (χ2n) is 5.20. The van der Waals surface area contributed by atoms with Gasteiger partial charge in [0.15, 0.2) is 0 Å². The molecule has 1 aliphatic carbocycles.